The molecule has 0 aromatic heterocycles. The van der Waals surface area contributed by atoms with Gasteiger partial charge in [0.1, 0.15) is 0 Å². The molecule has 26 heavy (non-hydrogen) atoms. The molecule has 0 fully saturated rings. The van der Waals surface area contributed by atoms with Crippen LogP contribution in [-0.4, -0.2) is 66.2 Å². The lowest BCUT2D eigenvalue weighted by Gasteiger charge is -2.04. The Hall–Kier alpha value is -0.920. The Bertz CT molecular complexity index is 251. The fraction of sp³-hybridized carbons (Fsp3) is 0.800. The predicted octanol–water partition coefficient (Wildman–Crippen LogP) is 2.90. The lowest BCUT2D eigenvalue weighted by Crippen LogP contribution is -2.09. The summed E-state index contributed by atoms with van der Waals surface area (Å²) >= 11 is 0. The van der Waals surface area contributed by atoms with Gasteiger partial charge in [0.15, 0.2) is 0 Å². The third-order valence-corrected chi connectivity index (χ3v) is 2.63. The number of aliphatic hydroxyl groups is 4. The summed E-state index contributed by atoms with van der Waals surface area (Å²) in [6, 6.07) is 0. The van der Waals surface area contributed by atoms with Crippen molar-refractivity contribution in [2.45, 2.75) is 60.0 Å². The summed E-state index contributed by atoms with van der Waals surface area (Å²) in [5.74, 6) is 0.463. The highest BCUT2D eigenvalue weighted by Crippen LogP contribution is 2.03. The van der Waals surface area contributed by atoms with Gasteiger partial charge >= 0.3 is 0 Å². The minimum atomic E-state index is -0.319. The van der Waals surface area contributed by atoms with Crippen LogP contribution in [-0.2, 0) is 9.47 Å². The molecule has 1 atom stereocenters. The molecular formula is C20H44O6. The van der Waals surface area contributed by atoms with Crippen LogP contribution in [0.25, 0.3) is 0 Å². The van der Waals surface area contributed by atoms with Crippen molar-refractivity contribution in [1.29, 1.82) is 0 Å². The standard InChI is InChI=1S/C6H14O2.C5H12O2.C5H10O.C4H8O/c1-6(2-4-7)3-5-8;1-3-7-4-5(2)6;1-5(2)3-4-6;1-3-5-4-2/h6-8H,2-5H2,1H3;5-6H,3-4H2,1-2H3;6H,1,3-4H2,2H3;3H,1,4H2,2H3. The predicted molar refractivity (Wildman–Crippen MR) is 109 cm³/mol. The fourth-order valence-corrected chi connectivity index (χ4v) is 1.18. The Kier molecular flexibility index (Phi) is 40.0. The van der Waals surface area contributed by atoms with Crippen molar-refractivity contribution in [3.63, 3.8) is 0 Å². The van der Waals surface area contributed by atoms with Gasteiger partial charge in [-0.05, 0) is 52.9 Å². The van der Waals surface area contributed by atoms with E-state index in [2.05, 4.69) is 17.9 Å². The van der Waals surface area contributed by atoms with E-state index in [4.69, 9.17) is 25.2 Å². The molecule has 0 radical (unpaired) electrons. The number of aliphatic hydroxyl groups excluding tert-OH is 4. The van der Waals surface area contributed by atoms with Gasteiger partial charge in [0.05, 0.1) is 25.6 Å². The van der Waals surface area contributed by atoms with Crippen molar-refractivity contribution in [3.8, 4) is 0 Å². The maximum Gasteiger partial charge on any atom is 0.0844 e. The van der Waals surface area contributed by atoms with Crippen LogP contribution in [0.2, 0.25) is 0 Å². The van der Waals surface area contributed by atoms with E-state index >= 15 is 0 Å². The fourth-order valence-electron chi connectivity index (χ4n) is 1.18. The van der Waals surface area contributed by atoms with Crippen molar-refractivity contribution >= 4 is 0 Å². The van der Waals surface area contributed by atoms with E-state index in [0.717, 1.165) is 31.4 Å². The van der Waals surface area contributed by atoms with Gasteiger partial charge in [0.25, 0.3) is 0 Å². The first-order chi connectivity index (χ1) is 12.3. The lowest BCUT2D eigenvalue weighted by molar-refractivity contribution is 0.0527. The lowest BCUT2D eigenvalue weighted by atomic mass is 10.1. The van der Waals surface area contributed by atoms with Crippen LogP contribution in [0.3, 0.4) is 0 Å². The summed E-state index contributed by atoms with van der Waals surface area (Å²) in [7, 11) is 0. The zero-order chi connectivity index (χ0) is 21.2. The average molecular weight is 381 g/mol. The van der Waals surface area contributed by atoms with Gasteiger partial charge in [0, 0.05) is 26.4 Å². The molecule has 0 aromatic rings. The van der Waals surface area contributed by atoms with E-state index < -0.39 is 0 Å². The second-order valence-electron chi connectivity index (χ2n) is 5.69. The van der Waals surface area contributed by atoms with Crippen molar-refractivity contribution < 1.29 is 29.9 Å². The van der Waals surface area contributed by atoms with E-state index in [1.807, 2.05) is 27.7 Å². The maximum absolute atomic E-state index is 8.56. The zero-order valence-electron chi connectivity index (χ0n) is 17.6. The molecule has 0 aliphatic heterocycles. The molecule has 160 valence electrons. The van der Waals surface area contributed by atoms with Gasteiger partial charge in [-0.3, -0.25) is 0 Å². The van der Waals surface area contributed by atoms with Crippen LogP contribution >= 0.6 is 0 Å². The van der Waals surface area contributed by atoms with Gasteiger partial charge in [-0.1, -0.05) is 19.1 Å². The van der Waals surface area contributed by atoms with Crippen LogP contribution in [0.15, 0.2) is 25.0 Å². The highest BCUT2D eigenvalue weighted by Gasteiger charge is 1.97. The van der Waals surface area contributed by atoms with Crippen LogP contribution in [0.4, 0.5) is 0 Å². The quantitative estimate of drug-likeness (QED) is 0.325. The van der Waals surface area contributed by atoms with Crippen molar-refractivity contribution in [3.05, 3.63) is 25.0 Å². The molecule has 0 bridgehead atoms. The molecule has 0 amide bonds. The van der Waals surface area contributed by atoms with Gasteiger partial charge in [-0.25, -0.2) is 0 Å². The van der Waals surface area contributed by atoms with Gasteiger partial charge in [0.2, 0.25) is 0 Å². The van der Waals surface area contributed by atoms with E-state index in [-0.39, 0.29) is 25.9 Å². The van der Waals surface area contributed by atoms with E-state index in [0.29, 0.717) is 19.1 Å². The third kappa shape index (κ3) is 56.8. The van der Waals surface area contributed by atoms with Crippen molar-refractivity contribution in [1.82, 2.24) is 0 Å². The molecule has 0 rings (SSSR count). The molecule has 0 heterocycles. The van der Waals surface area contributed by atoms with E-state index in [9.17, 15) is 0 Å². The first-order valence-corrected chi connectivity index (χ1v) is 9.22. The molecule has 6 nitrogen and oxygen atoms in total. The molecule has 0 aromatic carbocycles. The highest BCUT2D eigenvalue weighted by atomic mass is 16.5. The summed E-state index contributed by atoms with van der Waals surface area (Å²) in [6.45, 7) is 18.9. The topological polar surface area (TPSA) is 99.4 Å². The molecule has 1 unspecified atom stereocenters. The summed E-state index contributed by atoms with van der Waals surface area (Å²) in [6.07, 6.45) is 3.46. The summed E-state index contributed by atoms with van der Waals surface area (Å²) in [5.41, 5.74) is 1.04. The summed E-state index contributed by atoms with van der Waals surface area (Å²) in [4.78, 5) is 0. The van der Waals surface area contributed by atoms with E-state index in [1.54, 1.807) is 6.92 Å². The summed E-state index contributed by atoms with van der Waals surface area (Å²) in [5, 5.41) is 33.5. The third-order valence-electron chi connectivity index (χ3n) is 2.63. The molecule has 0 aliphatic rings. The zero-order valence-corrected chi connectivity index (χ0v) is 17.6. The number of ether oxygens (including phenoxy) is 2. The molecular weight excluding hydrogens is 336 g/mol. The van der Waals surface area contributed by atoms with Gasteiger partial charge in [-0.15, -0.1) is 6.58 Å². The first kappa shape index (κ1) is 32.7. The first-order valence-electron chi connectivity index (χ1n) is 9.22. The van der Waals surface area contributed by atoms with Crippen molar-refractivity contribution in [2.24, 2.45) is 5.92 Å². The van der Waals surface area contributed by atoms with Crippen LogP contribution < -0.4 is 0 Å². The maximum atomic E-state index is 8.56. The molecule has 4 N–H and O–H groups in total. The summed E-state index contributed by atoms with van der Waals surface area (Å²) < 4.78 is 9.44. The number of hydrogen-bond donors (Lipinski definition) is 4. The SMILES string of the molecule is C=C(C)CCO.C=COCC.CC(CCO)CCO.CCOCC(C)O. The molecule has 0 aliphatic carbocycles. The van der Waals surface area contributed by atoms with Crippen LogP contribution in [0.5, 0.6) is 0 Å². The van der Waals surface area contributed by atoms with Gasteiger partial charge < -0.3 is 29.9 Å². The highest BCUT2D eigenvalue weighted by molar-refractivity contribution is 4.86. The molecule has 0 saturated heterocycles. The van der Waals surface area contributed by atoms with E-state index in [1.165, 1.54) is 6.26 Å². The monoisotopic (exact) mass is 380 g/mol. The normalized spacial score (nSPS) is 10.2. The Balaban J connectivity index is -0.000000126. The molecule has 0 spiro atoms. The Morgan fingerprint density at radius 1 is 1.00 bits per heavy atom. The van der Waals surface area contributed by atoms with Crippen LogP contribution in [0.1, 0.15) is 53.9 Å². The minimum absolute atomic E-state index is 0.231. The van der Waals surface area contributed by atoms with Gasteiger partial charge in [-0.2, -0.15) is 0 Å². The molecule has 0 saturated carbocycles. The second-order valence-corrected chi connectivity index (χ2v) is 5.69. The number of hydrogen-bond acceptors (Lipinski definition) is 6. The van der Waals surface area contributed by atoms with Crippen LogP contribution in [0, 0.1) is 5.92 Å². The Morgan fingerprint density at radius 3 is 1.62 bits per heavy atom. The Labute approximate surface area is 161 Å². The smallest absolute Gasteiger partial charge is 0.0844 e. The average Bonchev–Trinajstić information content (AvgIpc) is 2.56. The minimum Gasteiger partial charge on any atom is -0.502 e. The second kappa shape index (κ2) is 31.8. The Morgan fingerprint density at radius 2 is 1.50 bits per heavy atom. The van der Waals surface area contributed by atoms with Crippen molar-refractivity contribution in [2.75, 3.05) is 39.6 Å². The largest absolute Gasteiger partial charge is 0.502 e. The number of rotatable bonds is 11. The molecule has 6 heteroatoms.